The molecule has 2 aliphatic heterocycles. The predicted octanol–water partition coefficient (Wildman–Crippen LogP) is 3.06. The van der Waals surface area contributed by atoms with Crippen LogP contribution in [0.25, 0.3) is 0 Å². The van der Waals surface area contributed by atoms with Crippen LogP contribution in [0, 0.1) is 11.3 Å². The van der Waals surface area contributed by atoms with E-state index in [0.29, 0.717) is 60.7 Å². The lowest BCUT2D eigenvalue weighted by Crippen LogP contribution is -2.40. The van der Waals surface area contributed by atoms with E-state index in [4.69, 9.17) is 4.74 Å². The number of likely N-dealkylation sites (tertiary alicyclic amines) is 1. The van der Waals surface area contributed by atoms with Crippen LogP contribution < -0.4 is 15.5 Å². The Kier molecular flexibility index (Phi) is 8.81. The van der Waals surface area contributed by atoms with Gasteiger partial charge in [0.05, 0.1) is 11.3 Å². The molecule has 2 N–H and O–H groups in total. The minimum Gasteiger partial charge on any atom is -0.381 e. The van der Waals surface area contributed by atoms with Gasteiger partial charge in [-0.15, -0.1) is 0 Å². The van der Waals surface area contributed by atoms with Gasteiger partial charge in [0.15, 0.2) is 6.29 Å². The van der Waals surface area contributed by atoms with Crippen molar-refractivity contribution in [3.63, 3.8) is 0 Å². The maximum absolute atomic E-state index is 13.3. The topological polar surface area (TPSA) is 141 Å². The first-order valence-electron chi connectivity index (χ1n) is 12.4. The maximum atomic E-state index is 13.3. The van der Waals surface area contributed by atoms with Crippen LogP contribution in [0.4, 0.5) is 22.1 Å². The molecule has 2 aliphatic rings. The van der Waals surface area contributed by atoms with Crippen LogP contribution in [-0.4, -0.2) is 77.4 Å². The third-order valence-corrected chi connectivity index (χ3v) is 7.44. The third-order valence-electron chi connectivity index (χ3n) is 6.60. The van der Waals surface area contributed by atoms with Crippen molar-refractivity contribution < 1.29 is 19.1 Å². The number of fused-ring (bicyclic) bond motifs is 1. The largest absolute Gasteiger partial charge is 0.381 e. The molecule has 38 heavy (non-hydrogen) atoms. The number of rotatable bonds is 9. The van der Waals surface area contributed by atoms with Gasteiger partial charge in [-0.25, -0.2) is 14.8 Å². The Bertz CT molecular complexity index is 1260. The number of pyridine rings is 2. The van der Waals surface area contributed by atoms with Gasteiger partial charge in [0, 0.05) is 62.8 Å². The van der Waals surface area contributed by atoms with Crippen LogP contribution in [0.3, 0.4) is 0 Å². The number of carbonyl (C=O) groups is 3. The Hall–Kier alpha value is -3.69. The van der Waals surface area contributed by atoms with E-state index in [0.717, 1.165) is 17.7 Å². The summed E-state index contributed by atoms with van der Waals surface area (Å²) in [4.78, 5) is 49.7. The molecule has 0 bridgehead atoms. The van der Waals surface area contributed by atoms with E-state index in [-0.39, 0.29) is 24.2 Å². The first-order valence-corrected chi connectivity index (χ1v) is 13.8. The quantitative estimate of drug-likeness (QED) is 0.462. The monoisotopic (exact) mass is 537 g/mol. The van der Waals surface area contributed by atoms with Gasteiger partial charge in [0.25, 0.3) is 5.91 Å². The number of amides is 3. The molecule has 2 unspecified atom stereocenters. The molecule has 2 aromatic rings. The number of nitriles is 1. The zero-order valence-corrected chi connectivity index (χ0v) is 22.5. The summed E-state index contributed by atoms with van der Waals surface area (Å²) >= 11 is 1.69. The van der Waals surface area contributed by atoms with Gasteiger partial charge in [-0.2, -0.15) is 17.0 Å². The van der Waals surface area contributed by atoms with E-state index in [1.54, 1.807) is 22.7 Å². The highest BCUT2D eigenvalue weighted by atomic mass is 32.2. The summed E-state index contributed by atoms with van der Waals surface area (Å²) in [5.41, 5.74) is 2.66. The molecule has 0 aliphatic carbocycles. The number of urea groups is 1. The number of carbonyl (C=O) groups excluding carboxylic acids is 3. The molecule has 1 fully saturated rings. The summed E-state index contributed by atoms with van der Waals surface area (Å²) in [5, 5.41) is 15.6. The van der Waals surface area contributed by atoms with Crippen LogP contribution in [0.5, 0.6) is 0 Å². The molecule has 4 rings (SSSR count). The molecule has 0 saturated carbocycles. The molecule has 0 radical (unpaired) electrons. The lowest BCUT2D eigenvalue weighted by Gasteiger charge is -2.29. The Morgan fingerprint density at radius 1 is 1.39 bits per heavy atom. The minimum atomic E-state index is -0.459. The number of aryl methyl sites for hydroxylation is 1. The van der Waals surface area contributed by atoms with Crippen molar-refractivity contribution in [3.05, 3.63) is 40.7 Å². The molecule has 2 aromatic heterocycles. The van der Waals surface area contributed by atoms with Gasteiger partial charge >= 0.3 is 6.03 Å². The molecule has 4 heterocycles. The zero-order chi connectivity index (χ0) is 27.2. The van der Waals surface area contributed by atoms with Crippen molar-refractivity contribution in [2.75, 3.05) is 47.7 Å². The van der Waals surface area contributed by atoms with Crippen molar-refractivity contribution in [2.45, 2.75) is 44.9 Å². The van der Waals surface area contributed by atoms with Gasteiger partial charge in [0.1, 0.15) is 29.5 Å². The molecular formula is C26H31N7O4S. The van der Waals surface area contributed by atoms with Crippen LogP contribution in [0.15, 0.2) is 18.3 Å². The van der Waals surface area contributed by atoms with Crippen LogP contribution in [0.2, 0.25) is 0 Å². The first-order chi connectivity index (χ1) is 18.4. The average molecular weight is 538 g/mol. The number of hydrogen-bond donors (Lipinski definition) is 2. The Balaban J connectivity index is 1.54. The fourth-order valence-corrected chi connectivity index (χ4v) is 5.33. The SMILES string of the molecule is COC1CCN(Cc2cc3c(nc2C=O)N(C(=O)Nc2cc(NC(C)CSC)c(C#N)cn2)CCC3)C1=O. The van der Waals surface area contributed by atoms with Crippen LogP contribution in [-0.2, 0) is 22.5 Å². The number of anilines is 3. The molecular weight excluding hydrogens is 506 g/mol. The Labute approximate surface area is 225 Å². The molecule has 1 saturated heterocycles. The number of nitrogens with zero attached hydrogens (tertiary/aromatic N) is 5. The second-order valence-corrected chi connectivity index (χ2v) is 10.2. The Morgan fingerprint density at radius 2 is 2.21 bits per heavy atom. The lowest BCUT2D eigenvalue weighted by molar-refractivity contribution is -0.136. The smallest absolute Gasteiger partial charge is 0.328 e. The van der Waals surface area contributed by atoms with Crippen LogP contribution in [0.1, 0.15) is 46.9 Å². The fraction of sp³-hybridized carbons (Fsp3) is 0.462. The number of aldehydes is 1. The lowest BCUT2D eigenvalue weighted by atomic mass is 10.0. The number of ether oxygens (including phenoxy) is 1. The molecule has 0 aromatic carbocycles. The van der Waals surface area contributed by atoms with E-state index in [9.17, 15) is 19.6 Å². The third kappa shape index (κ3) is 5.89. The van der Waals surface area contributed by atoms with Crippen molar-refractivity contribution in [1.82, 2.24) is 14.9 Å². The predicted molar refractivity (Wildman–Crippen MR) is 146 cm³/mol. The van der Waals surface area contributed by atoms with E-state index < -0.39 is 12.1 Å². The zero-order valence-electron chi connectivity index (χ0n) is 21.7. The van der Waals surface area contributed by atoms with Gasteiger partial charge in [-0.05, 0) is 37.7 Å². The molecule has 0 spiro atoms. The van der Waals surface area contributed by atoms with E-state index in [1.165, 1.54) is 18.2 Å². The number of thioether (sulfide) groups is 1. The van der Waals surface area contributed by atoms with Crippen molar-refractivity contribution in [2.24, 2.45) is 0 Å². The number of aromatic nitrogens is 2. The molecule has 2 atom stereocenters. The minimum absolute atomic E-state index is 0.102. The summed E-state index contributed by atoms with van der Waals surface area (Å²) in [5.74, 6) is 1.47. The van der Waals surface area contributed by atoms with Crippen molar-refractivity contribution in [3.8, 4) is 6.07 Å². The van der Waals surface area contributed by atoms with E-state index >= 15 is 0 Å². The standard InChI is InChI=1S/C26H31N7O4S/c1-16(15-38-3)29-20-10-23(28-12-19(20)11-27)31-26(36)33-7-4-5-17-9-18(21(14-34)30-24(17)33)13-32-8-6-22(37-2)25(32)35/h9-10,12,14,16,22H,4-8,13,15H2,1-3H3,(H2,28,29,31,36). The highest BCUT2D eigenvalue weighted by molar-refractivity contribution is 7.98. The summed E-state index contributed by atoms with van der Waals surface area (Å²) in [7, 11) is 1.51. The van der Waals surface area contributed by atoms with Crippen LogP contribution >= 0.6 is 11.8 Å². The summed E-state index contributed by atoms with van der Waals surface area (Å²) in [6, 6.07) is 5.33. The maximum Gasteiger partial charge on any atom is 0.328 e. The van der Waals surface area contributed by atoms with E-state index in [2.05, 4.69) is 26.7 Å². The first kappa shape index (κ1) is 27.3. The Morgan fingerprint density at radius 3 is 2.89 bits per heavy atom. The molecule has 3 amide bonds. The highest BCUT2D eigenvalue weighted by Gasteiger charge is 2.33. The van der Waals surface area contributed by atoms with Crippen molar-refractivity contribution in [1.29, 1.82) is 5.26 Å². The normalized spacial score (nSPS) is 17.5. The molecule has 11 nitrogen and oxygen atoms in total. The number of hydrogen-bond acceptors (Lipinski definition) is 9. The van der Waals surface area contributed by atoms with Gasteiger partial charge in [-0.3, -0.25) is 19.8 Å². The van der Waals surface area contributed by atoms with Gasteiger partial charge in [-0.1, -0.05) is 0 Å². The molecule has 200 valence electrons. The fourth-order valence-electron chi connectivity index (χ4n) is 4.74. The summed E-state index contributed by atoms with van der Waals surface area (Å²) in [6.07, 6.45) is 5.66. The van der Waals surface area contributed by atoms with Gasteiger partial charge < -0.3 is 15.0 Å². The average Bonchev–Trinajstić information content (AvgIpc) is 3.26. The van der Waals surface area contributed by atoms with Gasteiger partial charge in [0.2, 0.25) is 0 Å². The second kappa shape index (κ2) is 12.2. The summed E-state index contributed by atoms with van der Waals surface area (Å²) < 4.78 is 5.22. The second-order valence-electron chi connectivity index (χ2n) is 9.32. The number of nitrogens with one attached hydrogen (secondary N) is 2. The van der Waals surface area contributed by atoms with E-state index in [1.807, 2.05) is 19.2 Å². The highest BCUT2D eigenvalue weighted by Crippen LogP contribution is 2.29. The number of methoxy groups -OCH3 is 1. The summed E-state index contributed by atoms with van der Waals surface area (Å²) in [6.45, 7) is 3.25. The van der Waals surface area contributed by atoms with Crippen molar-refractivity contribution >= 4 is 47.3 Å². The molecule has 12 heteroatoms.